The highest BCUT2D eigenvalue weighted by Crippen LogP contribution is 2.32. The molecule has 0 saturated carbocycles. The Morgan fingerprint density at radius 3 is 2.75 bits per heavy atom. The normalized spacial score (nSPS) is 13.3. The molecule has 0 spiro atoms. The Labute approximate surface area is 209 Å². The van der Waals surface area contributed by atoms with E-state index in [1.807, 2.05) is 0 Å². The molecule has 0 aliphatic heterocycles. The number of halogens is 3. The van der Waals surface area contributed by atoms with Crippen LogP contribution in [0.25, 0.3) is 0 Å². The van der Waals surface area contributed by atoms with E-state index in [0.717, 1.165) is 17.8 Å². The summed E-state index contributed by atoms with van der Waals surface area (Å²) in [7, 11) is 0. The first-order chi connectivity index (χ1) is 17.1. The lowest BCUT2D eigenvalue weighted by Crippen LogP contribution is -2.31. The number of aryl methyl sites for hydroxylation is 1. The molecule has 0 unspecified atom stereocenters. The molecule has 3 aromatic rings. The number of nitrogens with two attached hydrogens (primary N) is 1. The van der Waals surface area contributed by atoms with Crippen LogP contribution in [0.1, 0.15) is 41.5 Å². The molecule has 2 aromatic heterocycles. The summed E-state index contributed by atoms with van der Waals surface area (Å²) in [5, 5.41) is 2.63. The highest BCUT2D eigenvalue weighted by Gasteiger charge is 2.30. The van der Waals surface area contributed by atoms with E-state index < -0.39 is 29.0 Å². The molecule has 36 heavy (non-hydrogen) atoms. The third kappa shape index (κ3) is 6.97. The molecule has 9 nitrogen and oxygen atoms in total. The molecule has 0 bridgehead atoms. The summed E-state index contributed by atoms with van der Waals surface area (Å²) in [5.41, 5.74) is 5.83. The second-order valence-corrected chi connectivity index (χ2v) is 9.53. The standard InChI is InChI=1S/C23H25F3N6O3S/c1-4-28-22(27)36-23(3,12-24)9-14-7-15(8-16(25)19(14)26)32-21(33)20-13(2)31-17(10-30-20)35-11-18-29-5-6-34-18/h5-8,10H,4,9,11-12H2,1-3H3,(H2,27,28)(H,32,33)/t23-/m1/s1. The van der Waals surface area contributed by atoms with Gasteiger partial charge in [0.2, 0.25) is 11.8 Å². The van der Waals surface area contributed by atoms with Gasteiger partial charge in [-0.05, 0) is 38.8 Å². The van der Waals surface area contributed by atoms with Gasteiger partial charge < -0.3 is 20.2 Å². The zero-order chi connectivity index (χ0) is 26.3. The number of ether oxygens (including phenoxy) is 1. The lowest BCUT2D eigenvalue weighted by atomic mass is 10.00. The van der Waals surface area contributed by atoms with Gasteiger partial charge in [0, 0.05) is 18.3 Å². The number of rotatable bonds is 10. The summed E-state index contributed by atoms with van der Waals surface area (Å²) in [6, 6.07) is 2.08. The van der Waals surface area contributed by atoms with Crippen molar-refractivity contribution in [3.63, 3.8) is 0 Å². The number of oxazole rings is 1. The van der Waals surface area contributed by atoms with Crippen molar-refractivity contribution < 1.29 is 27.1 Å². The minimum Gasteiger partial charge on any atom is -0.467 e. The summed E-state index contributed by atoms with van der Waals surface area (Å²) in [6.07, 6.45) is 3.92. The molecule has 2 heterocycles. The summed E-state index contributed by atoms with van der Waals surface area (Å²) in [5.74, 6) is -2.54. The zero-order valence-electron chi connectivity index (χ0n) is 19.8. The average molecular weight is 523 g/mol. The molecular weight excluding hydrogens is 497 g/mol. The fourth-order valence-electron chi connectivity index (χ4n) is 3.20. The number of alkyl halides is 1. The van der Waals surface area contributed by atoms with E-state index in [-0.39, 0.29) is 46.7 Å². The summed E-state index contributed by atoms with van der Waals surface area (Å²) in [4.78, 5) is 28.9. The average Bonchev–Trinajstić information content (AvgIpc) is 3.34. The summed E-state index contributed by atoms with van der Waals surface area (Å²) < 4.78 is 52.1. The molecule has 192 valence electrons. The van der Waals surface area contributed by atoms with Crippen LogP contribution in [0.4, 0.5) is 18.9 Å². The van der Waals surface area contributed by atoms with Crippen LogP contribution < -0.4 is 15.8 Å². The van der Waals surface area contributed by atoms with Crippen LogP contribution in [-0.4, -0.2) is 44.0 Å². The number of nitrogens with zero attached hydrogens (tertiary/aromatic N) is 4. The predicted molar refractivity (Wildman–Crippen MR) is 130 cm³/mol. The van der Waals surface area contributed by atoms with Crippen LogP contribution in [0.15, 0.2) is 40.2 Å². The number of thioether (sulfide) groups is 1. The number of amidine groups is 1. The molecule has 1 amide bonds. The van der Waals surface area contributed by atoms with Gasteiger partial charge >= 0.3 is 0 Å². The van der Waals surface area contributed by atoms with Gasteiger partial charge in [0.15, 0.2) is 23.4 Å². The first-order valence-corrected chi connectivity index (χ1v) is 11.6. The maximum absolute atomic E-state index is 14.5. The number of hydrogen-bond acceptors (Lipinski definition) is 8. The molecule has 1 aromatic carbocycles. The molecule has 3 N–H and O–H groups in total. The zero-order valence-corrected chi connectivity index (χ0v) is 20.7. The number of anilines is 1. The van der Waals surface area contributed by atoms with E-state index in [1.54, 1.807) is 13.8 Å². The number of aromatic nitrogens is 3. The van der Waals surface area contributed by atoms with Gasteiger partial charge in [-0.2, -0.15) is 0 Å². The molecule has 0 radical (unpaired) electrons. The predicted octanol–water partition coefficient (Wildman–Crippen LogP) is 4.22. The fraction of sp³-hybridized carbons (Fsp3) is 0.348. The van der Waals surface area contributed by atoms with Crippen molar-refractivity contribution in [1.29, 1.82) is 0 Å². The minimum absolute atomic E-state index is 0.0241. The number of hydrogen-bond donors (Lipinski definition) is 2. The highest BCUT2D eigenvalue weighted by atomic mass is 32.2. The number of aliphatic imine (C=N–C) groups is 1. The molecule has 13 heteroatoms. The Bertz CT molecular complexity index is 1240. The lowest BCUT2D eigenvalue weighted by Gasteiger charge is -2.25. The number of nitrogens with one attached hydrogen (secondary N) is 1. The number of benzene rings is 1. The van der Waals surface area contributed by atoms with Gasteiger partial charge in [-0.15, -0.1) is 0 Å². The van der Waals surface area contributed by atoms with Crippen LogP contribution >= 0.6 is 11.8 Å². The van der Waals surface area contributed by atoms with E-state index >= 15 is 0 Å². The van der Waals surface area contributed by atoms with E-state index in [0.29, 0.717) is 12.4 Å². The van der Waals surface area contributed by atoms with Crippen LogP contribution in [0.5, 0.6) is 5.88 Å². The maximum Gasteiger partial charge on any atom is 0.276 e. The van der Waals surface area contributed by atoms with Crippen LogP contribution in [0, 0.1) is 18.6 Å². The summed E-state index contributed by atoms with van der Waals surface area (Å²) >= 11 is 0.940. The lowest BCUT2D eigenvalue weighted by molar-refractivity contribution is 0.102. The second kappa shape index (κ2) is 11.9. The van der Waals surface area contributed by atoms with Gasteiger partial charge in [-0.3, -0.25) is 9.79 Å². The Morgan fingerprint density at radius 1 is 1.33 bits per heavy atom. The van der Waals surface area contributed by atoms with Crippen molar-refractivity contribution >= 4 is 28.5 Å². The first-order valence-electron chi connectivity index (χ1n) is 10.8. The number of carbonyl (C=O) groups excluding carboxylic acids is 1. The molecule has 0 saturated heterocycles. The van der Waals surface area contributed by atoms with Crippen LogP contribution in [-0.2, 0) is 13.0 Å². The highest BCUT2D eigenvalue weighted by molar-refractivity contribution is 8.15. The van der Waals surface area contributed by atoms with Crippen molar-refractivity contribution in [1.82, 2.24) is 15.0 Å². The second-order valence-electron chi connectivity index (χ2n) is 7.92. The van der Waals surface area contributed by atoms with E-state index in [1.165, 1.54) is 31.6 Å². The smallest absolute Gasteiger partial charge is 0.276 e. The fourth-order valence-corrected chi connectivity index (χ4v) is 4.18. The van der Waals surface area contributed by atoms with Gasteiger partial charge in [0.1, 0.15) is 18.6 Å². The van der Waals surface area contributed by atoms with E-state index in [9.17, 15) is 18.0 Å². The number of amides is 1. The quantitative estimate of drug-likeness (QED) is 0.299. The molecular formula is C23H25F3N6O3S. The van der Waals surface area contributed by atoms with Gasteiger partial charge in [0.05, 0.1) is 22.8 Å². The molecule has 0 fully saturated rings. The third-order valence-corrected chi connectivity index (χ3v) is 5.92. The topological polar surface area (TPSA) is 129 Å². The van der Waals surface area contributed by atoms with Crippen LogP contribution in [0.2, 0.25) is 0 Å². The Balaban J connectivity index is 1.75. The number of carbonyl (C=O) groups is 1. The minimum atomic E-state index is -1.19. The van der Waals surface area contributed by atoms with Crippen molar-refractivity contribution in [2.75, 3.05) is 18.5 Å². The largest absolute Gasteiger partial charge is 0.467 e. The van der Waals surface area contributed by atoms with Gasteiger partial charge in [-0.1, -0.05) is 11.8 Å². The first kappa shape index (κ1) is 27.0. The maximum atomic E-state index is 14.5. The van der Waals surface area contributed by atoms with Crippen molar-refractivity contribution in [3.8, 4) is 5.88 Å². The van der Waals surface area contributed by atoms with Gasteiger partial charge in [-0.25, -0.2) is 28.1 Å². The molecule has 1 atom stereocenters. The van der Waals surface area contributed by atoms with Crippen molar-refractivity contribution in [2.24, 2.45) is 10.7 Å². The molecule has 3 rings (SSSR count). The third-order valence-electron chi connectivity index (χ3n) is 4.84. The SMILES string of the molecule is CC/N=C(/N)S[C@@](C)(CF)Cc1cc(NC(=O)c2ncc(OCc3ncco3)nc2C)cc(F)c1F. The van der Waals surface area contributed by atoms with E-state index in [2.05, 4.69) is 25.3 Å². The van der Waals surface area contributed by atoms with Crippen LogP contribution in [0.3, 0.4) is 0 Å². The molecule has 0 aliphatic rings. The van der Waals surface area contributed by atoms with Crippen molar-refractivity contribution in [3.05, 3.63) is 65.3 Å². The molecule has 0 aliphatic carbocycles. The Morgan fingerprint density at radius 2 is 2.11 bits per heavy atom. The van der Waals surface area contributed by atoms with E-state index in [4.69, 9.17) is 14.9 Å². The summed E-state index contributed by atoms with van der Waals surface area (Å²) in [6.45, 7) is 4.41. The Hall–Kier alpha value is -3.61. The Kier molecular flexibility index (Phi) is 8.91. The van der Waals surface area contributed by atoms with Gasteiger partial charge in [0.25, 0.3) is 5.91 Å². The van der Waals surface area contributed by atoms with Crippen molar-refractivity contribution in [2.45, 2.75) is 38.5 Å². The monoisotopic (exact) mass is 522 g/mol.